The minimum absolute atomic E-state index is 0. The molecule has 0 aliphatic heterocycles. The number of guanidine groups is 1. The minimum Gasteiger partial charge on any atom is -0.382 e. The lowest BCUT2D eigenvalue weighted by Gasteiger charge is -2.26. The van der Waals surface area contributed by atoms with Crippen molar-refractivity contribution in [2.45, 2.75) is 19.4 Å². The number of aliphatic imine (C=N–C) groups is 1. The molecular formula is C17H30FIN4O. The average Bonchev–Trinajstić information content (AvgIpc) is 2.52. The number of benzene rings is 1. The number of hydrogen-bond acceptors (Lipinski definition) is 3. The van der Waals surface area contributed by atoms with E-state index in [-0.39, 0.29) is 35.8 Å². The Morgan fingerprint density at radius 3 is 2.67 bits per heavy atom. The van der Waals surface area contributed by atoms with Crippen molar-refractivity contribution < 1.29 is 9.13 Å². The van der Waals surface area contributed by atoms with Crippen LogP contribution < -0.4 is 10.6 Å². The number of rotatable bonds is 9. The third-order valence-electron chi connectivity index (χ3n) is 3.51. The molecule has 1 atom stereocenters. The Hall–Kier alpha value is -0.930. The fourth-order valence-corrected chi connectivity index (χ4v) is 2.25. The van der Waals surface area contributed by atoms with Gasteiger partial charge in [-0.3, -0.25) is 4.99 Å². The summed E-state index contributed by atoms with van der Waals surface area (Å²) < 4.78 is 18.7. The van der Waals surface area contributed by atoms with Crippen molar-refractivity contribution in [3.05, 3.63) is 35.6 Å². The Morgan fingerprint density at radius 2 is 2.08 bits per heavy atom. The van der Waals surface area contributed by atoms with Gasteiger partial charge in [0.1, 0.15) is 5.82 Å². The summed E-state index contributed by atoms with van der Waals surface area (Å²) in [6, 6.07) is 6.77. The van der Waals surface area contributed by atoms with Gasteiger partial charge in [-0.2, -0.15) is 0 Å². The Labute approximate surface area is 162 Å². The predicted molar refractivity (Wildman–Crippen MR) is 109 cm³/mol. The Kier molecular flexibility index (Phi) is 12.9. The van der Waals surface area contributed by atoms with E-state index in [9.17, 15) is 4.39 Å². The van der Waals surface area contributed by atoms with Gasteiger partial charge in [0.2, 0.25) is 0 Å². The lowest BCUT2D eigenvalue weighted by atomic mass is 10.1. The van der Waals surface area contributed by atoms with Crippen LogP contribution in [0.5, 0.6) is 0 Å². The molecule has 24 heavy (non-hydrogen) atoms. The monoisotopic (exact) mass is 452 g/mol. The zero-order chi connectivity index (χ0) is 17.1. The maximum Gasteiger partial charge on any atom is 0.191 e. The molecule has 0 fully saturated rings. The summed E-state index contributed by atoms with van der Waals surface area (Å²) in [4.78, 5) is 6.27. The fraction of sp³-hybridized carbons (Fsp3) is 0.588. The van der Waals surface area contributed by atoms with Crippen molar-refractivity contribution >= 4 is 29.9 Å². The van der Waals surface area contributed by atoms with E-state index in [2.05, 4.69) is 20.5 Å². The van der Waals surface area contributed by atoms with E-state index in [0.29, 0.717) is 6.54 Å². The summed E-state index contributed by atoms with van der Waals surface area (Å²) in [5, 5.41) is 6.55. The summed E-state index contributed by atoms with van der Waals surface area (Å²) in [5.74, 6) is 0.525. The fourth-order valence-electron chi connectivity index (χ4n) is 2.25. The molecule has 0 aliphatic rings. The van der Waals surface area contributed by atoms with Crippen molar-refractivity contribution in [3.63, 3.8) is 0 Å². The number of likely N-dealkylation sites (N-methyl/N-ethyl adjacent to an activating group) is 1. The SMILES string of the molecule is CCOCCCNC(=NC)NCC(c1cccc(F)c1)N(C)C.I. The van der Waals surface area contributed by atoms with Gasteiger partial charge in [-0.1, -0.05) is 12.1 Å². The van der Waals surface area contributed by atoms with Crippen LogP contribution in [0.1, 0.15) is 24.9 Å². The molecule has 0 heterocycles. The molecular weight excluding hydrogens is 422 g/mol. The topological polar surface area (TPSA) is 48.9 Å². The molecule has 0 amide bonds. The van der Waals surface area contributed by atoms with E-state index in [0.717, 1.165) is 37.7 Å². The zero-order valence-electron chi connectivity index (χ0n) is 15.0. The molecule has 1 rings (SSSR count). The maximum atomic E-state index is 13.4. The second-order valence-electron chi connectivity index (χ2n) is 5.46. The molecule has 0 bridgehead atoms. The largest absolute Gasteiger partial charge is 0.382 e. The number of halogens is 2. The Bertz CT molecular complexity index is 485. The number of nitrogens with zero attached hydrogens (tertiary/aromatic N) is 2. The highest BCUT2D eigenvalue weighted by Crippen LogP contribution is 2.18. The van der Waals surface area contributed by atoms with Gasteiger partial charge in [-0.05, 0) is 45.1 Å². The first-order valence-corrected chi connectivity index (χ1v) is 8.02. The van der Waals surface area contributed by atoms with Crippen molar-refractivity contribution in [2.75, 3.05) is 47.4 Å². The van der Waals surface area contributed by atoms with E-state index < -0.39 is 0 Å². The highest BCUT2D eigenvalue weighted by Gasteiger charge is 2.15. The van der Waals surface area contributed by atoms with Crippen LogP contribution in [0.3, 0.4) is 0 Å². The summed E-state index contributed by atoms with van der Waals surface area (Å²) in [7, 11) is 5.70. The lowest BCUT2D eigenvalue weighted by Crippen LogP contribution is -2.42. The molecule has 2 N–H and O–H groups in total. The molecule has 138 valence electrons. The van der Waals surface area contributed by atoms with Crippen LogP contribution in [-0.2, 0) is 4.74 Å². The van der Waals surface area contributed by atoms with Gasteiger partial charge in [0.15, 0.2) is 5.96 Å². The minimum atomic E-state index is -0.215. The second kappa shape index (κ2) is 13.4. The molecule has 0 spiro atoms. The molecule has 0 saturated heterocycles. The van der Waals surface area contributed by atoms with Gasteiger partial charge in [0.25, 0.3) is 0 Å². The van der Waals surface area contributed by atoms with Gasteiger partial charge in [-0.25, -0.2) is 4.39 Å². The molecule has 0 saturated carbocycles. The van der Waals surface area contributed by atoms with Gasteiger partial charge >= 0.3 is 0 Å². The van der Waals surface area contributed by atoms with Crippen LogP contribution in [0.15, 0.2) is 29.3 Å². The molecule has 0 aliphatic carbocycles. The summed E-state index contributed by atoms with van der Waals surface area (Å²) in [6.07, 6.45) is 0.926. The first-order chi connectivity index (χ1) is 11.1. The first-order valence-electron chi connectivity index (χ1n) is 8.02. The Morgan fingerprint density at radius 1 is 1.33 bits per heavy atom. The summed E-state index contributed by atoms with van der Waals surface area (Å²) in [5.41, 5.74) is 0.939. The van der Waals surface area contributed by atoms with E-state index in [1.807, 2.05) is 27.1 Å². The molecule has 1 aromatic rings. The van der Waals surface area contributed by atoms with Crippen molar-refractivity contribution in [1.29, 1.82) is 0 Å². The molecule has 5 nitrogen and oxygen atoms in total. The highest BCUT2D eigenvalue weighted by atomic mass is 127. The highest BCUT2D eigenvalue weighted by molar-refractivity contribution is 14.0. The summed E-state index contributed by atoms with van der Waals surface area (Å²) in [6.45, 7) is 4.91. The van der Waals surface area contributed by atoms with E-state index in [1.54, 1.807) is 19.2 Å². The third kappa shape index (κ3) is 8.79. The predicted octanol–water partition coefficient (Wildman–Crippen LogP) is 2.64. The Balaban J connectivity index is 0.00000529. The first kappa shape index (κ1) is 23.1. The van der Waals surface area contributed by atoms with E-state index in [1.165, 1.54) is 6.07 Å². The van der Waals surface area contributed by atoms with Crippen molar-refractivity contribution in [1.82, 2.24) is 15.5 Å². The number of hydrogen-bond donors (Lipinski definition) is 2. The van der Waals surface area contributed by atoms with Crippen LogP contribution in [0.4, 0.5) is 4.39 Å². The standard InChI is InChI=1S/C17H29FN4O.HI/c1-5-23-11-7-10-20-17(19-2)21-13-16(22(3)4)14-8-6-9-15(18)12-14;/h6,8-9,12,16H,5,7,10-11,13H2,1-4H3,(H2,19,20,21);1H. The number of nitrogens with one attached hydrogen (secondary N) is 2. The second-order valence-corrected chi connectivity index (χ2v) is 5.46. The third-order valence-corrected chi connectivity index (χ3v) is 3.51. The van der Waals surface area contributed by atoms with Crippen molar-refractivity contribution in [2.24, 2.45) is 4.99 Å². The quantitative estimate of drug-likeness (QED) is 0.262. The van der Waals surface area contributed by atoms with Crippen LogP contribution in [0, 0.1) is 5.82 Å². The van der Waals surface area contributed by atoms with Gasteiger partial charge in [0, 0.05) is 33.4 Å². The molecule has 1 unspecified atom stereocenters. The molecule has 0 aromatic heterocycles. The van der Waals surface area contributed by atoms with Crippen LogP contribution in [0.25, 0.3) is 0 Å². The van der Waals surface area contributed by atoms with Crippen LogP contribution in [-0.4, -0.2) is 58.3 Å². The molecule has 7 heteroatoms. The van der Waals surface area contributed by atoms with Crippen LogP contribution >= 0.6 is 24.0 Å². The van der Waals surface area contributed by atoms with Gasteiger partial charge < -0.3 is 20.3 Å². The summed E-state index contributed by atoms with van der Waals surface area (Å²) >= 11 is 0. The lowest BCUT2D eigenvalue weighted by molar-refractivity contribution is 0.145. The molecule has 1 aromatic carbocycles. The number of ether oxygens (including phenoxy) is 1. The zero-order valence-corrected chi connectivity index (χ0v) is 17.3. The van der Waals surface area contributed by atoms with Gasteiger partial charge in [-0.15, -0.1) is 24.0 Å². The normalized spacial score (nSPS) is 12.7. The molecule has 0 radical (unpaired) electrons. The van der Waals surface area contributed by atoms with Crippen LogP contribution in [0.2, 0.25) is 0 Å². The van der Waals surface area contributed by atoms with E-state index >= 15 is 0 Å². The van der Waals surface area contributed by atoms with Crippen molar-refractivity contribution in [3.8, 4) is 0 Å². The average molecular weight is 452 g/mol. The maximum absolute atomic E-state index is 13.4. The van der Waals surface area contributed by atoms with Gasteiger partial charge in [0.05, 0.1) is 6.04 Å². The smallest absolute Gasteiger partial charge is 0.191 e. The van der Waals surface area contributed by atoms with E-state index in [4.69, 9.17) is 4.74 Å².